The molecule has 0 saturated carbocycles. The van der Waals surface area contributed by atoms with Gasteiger partial charge in [-0.15, -0.1) is 0 Å². The van der Waals surface area contributed by atoms with Gasteiger partial charge in [0, 0.05) is 22.7 Å². The van der Waals surface area contributed by atoms with Gasteiger partial charge in [-0.3, -0.25) is 4.79 Å². The van der Waals surface area contributed by atoms with Crippen molar-refractivity contribution in [3.63, 3.8) is 0 Å². The summed E-state index contributed by atoms with van der Waals surface area (Å²) in [5.74, 6) is 0.675. The molecule has 0 spiro atoms. The number of benzene rings is 2. The van der Waals surface area contributed by atoms with E-state index in [9.17, 15) is 4.79 Å². The Hall–Kier alpha value is -3.21. The summed E-state index contributed by atoms with van der Waals surface area (Å²) in [6.45, 7) is 0. The highest BCUT2D eigenvalue weighted by Crippen LogP contribution is 2.20. The smallest absolute Gasteiger partial charge is 0.263 e. The van der Waals surface area contributed by atoms with E-state index in [4.69, 9.17) is 4.52 Å². The predicted octanol–water partition coefficient (Wildman–Crippen LogP) is 3.25. The first-order valence-electron chi connectivity index (χ1n) is 6.83. The number of aromatic amines is 1. The zero-order valence-corrected chi connectivity index (χ0v) is 11.5. The molecule has 5 heteroatoms. The van der Waals surface area contributed by atoms with Crippen LogP contribution in [0.1, 0.15) is 0 Å². The minimum atomic E-state index is -0.127. The maximum atomic E-state index is 12.5. The Morgan fingerprint density at radius 2 is 1.73 bits per heavy atom. The topological polar surface area (TPSA) is 71.8 Å². The third-order valence-corrected chi connectivity index (χ3v) is 3.48. The lowest BCUT2D eigenvalue weighted by atomic mass is 10.1. The average molecular weight is 289 g/mol. The van der Waals surface area contributed by atoms with Crippen molar-refractivity contribution in [2.24, 2.45) is 0 Å². The summed E-state index contributed by atoms with van der Waals surface area (Å²) in [6.07, 6.45) is 1.60. The largest absolute Gasteiger partial charge is 0.360 e. The van der Waals surface area contributed by atoms with E-state index >= 15 is 0 Å². The van der Waals surface area contributed by atoms with Gasteiger partial charge < -0.3 is 9.51 Å². The molecule has 2 aromatic heterocycles. The zero-order valence-electron chi connectivity index (χ0n) is 11.5. The van der Waals surface area contributed by atoms with Crippen LogP contribution in [-0.4, -0.2) is 15.1 Å². The standard InChI is InChI=1S/C17H11N3O2/c21-15-12-8-4-5-9-14(12)18-10-13(15)17-19-16(20-22-17)11-6-2-1-3-7-11/h1-10H,(H,18,21). The van der Waals surface area contributed by atoms with Crippen LogP contribution in [0, 0.1) is 0 Å². The first kappa shape index (κ1) is 12.5. The number of nitrogens with one attached hydrogen (secondary N) is 1. The van der Waals surface area contributed by atoms with E-state index in [0.717, 1.165) is 11.1 Å². The average Bonchev–Trinajstić information content (AvgIpc) is 3.06. The number of fused-ring (bicyclic) bond motifs is 1. The number of nitrogens with zero attached hydrogens (tertiary/aromatic N) is 2. The zero-order chi connectivity index (χ0) is 14.9. The van der Waals surface area contributed by atoms with E-state index in [-0.39, 0.29) is 11.3 Å². The molecule has 0 bridgehead atoms. The van der Waals surface area contributed by atoms with Gasteiger partial charge in [-0.1, -0.05) is 47.6 Å². The quantitative estimate of drug-likeness (QED) is 0.615. The van der Waals surface area contributed by atoms with Crippen LogP contribution in [0.25, 0.3) is 33.7 Å². The van der Waals surface area contributed by atoms with Gasteiger partial charge in [-0.2, -0.15) is 4.98 Å². The minimum absolute atomic E-state index is 0.127. The molecule has 0 unspecified atom stereocenters. The maximum absolute atomic E-state index is 12.5. The van der Waals surface area contributed by atoms with Crippen LogP contribution < -0.4 is 5.43 Å². The molecule has 106 valence electrons. The molecule has 5 nitrogen and oxygen atoms in total. The highest BCUT2D eigenvalue weighted by Gasteiger charge is 2.14. The van der Waals surface area contributed by atoms with Crippen molar-refractivity contribution in [1.82, 2.24) is 15.1 Å². The Labute approximate surface area is 125 Å². The third-order valence-electron chi connectivity index (χ3n) is 3.48. The fraction of sp³-hybridized carbons (Fsp3) is 0. The highest BCUT2D eigenvalue weighted by molar-refractivity contribution is 5.82. The van der Waals surface area contributed by atoms with E-state index in [0.29, 0.717) is 16.8 Å². The second kappa shape index (κ2) is 4.96. The molecule has 0 amide bonds. The predicted molar refractivity (Wildman–Crippen MR) is 83.3 cm³/mol. The lowest BCUT2D eigenvalue weighted by Crippen LogP contribution is -2.06. The van der Waals surface area contributed by atoms with Gasteiger partial charge >= 0.3 is 0 Å². The van der Waals surface area contributed by atoms with E-state index < -0.39 is 0 Å². The lowest BCUT2D eigenvalue weighted by Gasteiger charge is -1.98. The van der Waals surface area contributed by atoms with Crippen molar-refractivity contribution >= 4 is 10.9 Å². The van der Waals surface area contributed by atoms with Crippen molar-refractivity contribution in [1.29, 1.82) is 0 Å². The van der Waals surface area contributed by atoms with Crippen LogP contribution in [0.4, 0.5) is 0 Å². The molecule has 0 aliphatic heterocycles. The molecule has 4 rings (SSSR count). The molecule has 0 radical (unpaired) electrons. The summed E-state index contributed by atoms with van der Waals surface area (Å²) in [5.41, 5.74) is 1.86. The van der Waals surface area contributed by atoms with Gasteiger partial charge in [0.1, 0.15) is 5.56 Å². The summed E-state index contributed by atoms with van der Waals surface area (Å²) in [6, 6.07) is 16.8. The van der Waals surface area contributed by atoms with Crippen molar-refractivity contribution in [2.75, 3.05) is 0 Å². The van der Waals surface area contributed by atoms with Gasteiger partial charge in [0.2, 0.25) is 11.3 Å². The van der Waals surface area contributed by atoms with Crippen molar-refractivity contribution < 1.29 is 4.52 Å². The first-order chi connectivity index (χ1) is 10.8. The molecule has 0 aliphatic carbocycles. The molecular formula is C17H11N3O2. The first-order valence-corrected chi connectivity index (χ1v) is 6.83. The minimum Gasteiger partial charge on any atom is -0.360 e. The Balaban J connectivity index is 1.85. The number of para-hydroxylation sites is 1. The second-order valence-corrected chi connectivity index (χ2v) is 4.87. The molecule has 1 N–H and O–H groups in total. The van der Waals surface area contributed by atoms with Crippen LogP contribution in [0.15, 0.2) is 70.1 Å². The summed E-state index contributed by atoms with van der Waals surface area (Å²) < 4.78 is 5.25. The number of rotatable bonds is 2. The summed E-state index contributed by atoms with van der Waals surface area (Å²) in [4.78, 5) is 19.9. The summed E-state index contributed by atoms with van der Waals surface area (Å²) in [5, 5.41) is 4.54. The molecular weight excluding hydrogens is 278 g/mol. The number of aromatic nitrogens is 3. The van der Waals surface area contributed by atoms with Gasteiger partial charge in [0.15, 0.2) is 0 Å². The van der Waals surface area contributed by atoms with Crippen LogP contribution in [0.3, 0.4) is 0 Å². The molecule has 4 aromatic rings. The Bertz CT molecular complexity index is 1000. The van der Waals surface area contributed by atoms with Crippen LogP contribution in [-0.2, 0) is 0 Å². The third kappa shape index (κ3) is 2.00. The number of hydrogen-bond donors (Lipinski definition) is 1. The number of hydrogen-bond acceptors (Lipinski definition) is 4. The van der Waals surface area contributed by atoms with Crippen LogP contribution >= 0.6 is 0 Å². The number of H-pyrrole nitrogens is 1. The van der Waals surface area contributed by atoms with Gasteiger partial charge in [-0.25, -0.2) is 0 Å². The Kier molecular flexibility index (Phi) is 2.83. The van der Waals surface area contributed by atoms with Crippen molar-refractivity contribution in [2.45, 2.75) is 0 Å². The van der Waals surface area contributed by atoms with Gasteiger partial charge in [-0.05, 0) is 12.1 Å². The Morgan fingerprint density at radius 1 is 0.955 bits per heavy atom. The fourth-order valence-electron chi connectivity index (χ4n) is 2.36. The monoisotopic (exact) mass is 289 g/mol. The highest BCUT2D eigenvalue weighted by atomic mass is 16.5. The van der Waals surface area contributed by atoms with Crippen molar-refractivity contribution in [3.8, 4) is 22.8 Å². The van der Waals surface area contributed by atoms with Crippen molar-refractivity contribution in [3.05, 3.63) is 71.0 Å². The van der Waals surface area contributed by atoms with E-state index in [2.05, 4.69) is 15.1 Å². The van der Waals surface area contributed by atoms with E-state index in [1.165, 1.54) is 0 Å². The normalized spacial score (nSPS) is 10.9. The van der Waals surface area contributed by atoms with E-state index in [1.807, 2.05) is 48.5 Å². The summed E-state index contributed by atoms with van der Waals surface area (Å²) >= 11 is 0. The van der Waals surface area contributed by atoms with Crippen LogP contribution in [0.5, 0.6) is 0 Å². The molecule has 0 atom stereocenters. The van der Waals surface area contributed by atoms with E-state index in [1.54, 1.807) is 12.3 Å². The molecule has 22 heavy (non-hydrogen) atoms. The second-order valence-electron chi connectivity index (χ2n) is 4.87. The lowest BCUT2D eigenvalue weighted by molar-refractivity contribution is 0.432. The maximum Gasteiger partial charge on any atom is 0.263 e. The van der Waals surface area contributed by atoms with Gasteiger partial charge in [0.25, 0.3) is 5.89 Å². The molecule has 0 aliphatic rings. The molecule has 2 aromatic carbocycles. The Morgan fingerprint density at radius 3 is 2.59 bits per heavy atom. The SMILES string of the molecule is O=c1c(-c2nc(-c3ccccc3)no2)c[nH]c2ccccc12. The fourth-order valence-corrected chi connectivity index (χ4v) is 2.36. The molecule has 0 fully saturated rings. The molecule has 2 heterocycles. The van der Waals surface area contributed by atoms with Gasteiger partial charge in [0.05, 0.1) is 0 Å². The van der Waals surface area contributed by atoms with Crippen LogP contribution in [0.2, 0.25) is 0 Å². The molecule has 0 saturated heterocycles. The summed E-state index contributed by atoms with van der Waals surface area (Å²) in [7, 11) is 0. The number of pyridine rings is 1.